The first-order valence-electron chi connectivity index (χ1n) is 4.79. The maximum absolute atomic E-state index is 9.41. The third kappa shape index (κ3) is 7.23. The van der Waals surface area contributed by atoms with Crippen molar-refractivity contribution < 1.29 is 25.2 Å². The lowest BCUT2D eigenvalue weighted by Gasteiger charge is -2.19. The van der Waals surface area contributed by atoms with Gasteiger partial charge in [-0.05, 0) is 13.3 Å². The van der Waals surface area contributed by atoms with E-state index in [9.17, 15) is 5.11 Å². The van der Waals surface area contributed by atoms with E-state index in [1.165, 1.54) is 0 Å². The van der Waals surface area contributed by atoms with Gasteiger partial charge in [0.25, 0.3) is 0 Å². The smallest absolute Gasteiger partial charge is 0.0831 e. The number of ether oxygens (including phenoxy) is 1. The van der Waals surface area contributed by atoms with Gasteiger partial charge in [0.2, 0.25) is 0 Å². The lowest BCUT2D eigenvalue weighted by atomic mass is 10.1. The number of aliphatic hydroxyl groups excluding tert-OH is 4. The van der Waals surface area contributed by atoms with Gasteiger partial charge in [-0.25, -0.2) is 0 Å². The zero-order chi connectivity index (χ0) is 11.0. The van der Waals surface area contributed by atoms with Gasteiger partial charge in [-0.3, -0.25) is 0 Å². The van der Waals surface area contributed by atoms with Crippen molar-refractivity contribution >= 4 is 0 Å². The number of rotatable bonds is 8. The molecular formula is C9H20O5. The van der Waals surface area contributed by atoms with Crippen molar-refractivity contribution in [1.82, 2.24) is 0 Å². The Bertz CT molecular complexity index is 128. The second-order valence-electron chi connectivity index (χ2n) is 3.37. The van der Waals surface area contributed by atoms with Crippen molar-refractivity contribution in [3.8, 4) is 0 Å². The molecule has 3 unspecified atom stereocenters. The fraction of sp³-hybridized carbons (Fsp3) is 1.00. The van der Waals surface area contributed by atoms with E-state index in [4.69, 9.17) is 20.1 Å². The van der Waals surface area contributed by atoms with E-state index in [1.807, 2.05) is 0 Å². The fourth-order valence-electron chi connectivity index (χ4n) is 1.21. The summed E-state index contributed by atoms with van der Waals surface area (Å²) < 4.78 is 5.05. The largest absolute Gasteiger partial charge is 0.394 e. The predicted molar refractivity (Wildman–Crippen MR) is 50.8 cm³/mol. The van der Waals surface area contributed by atoms with E-state index in [1.54, 1.807) is 6.92 Å². The second kappa shape index (κ2) is 8.14. The van der Waals surface area contributed by atoms with Gasteiger partial charge < -0.3 is 25.2 Å². The molecule has 3 atom stereocenters. The average molecular weight is 208 g/mol. The van der Waals surface area contributed by atoms with Gasteiger partial charge in [0.05, 0.1) is 38.1 Å². The van der Waals surface area contributed by atoms with Crippen LogP contribution in [0, 0.1) is 0 Å². The lowest BCUT2D eigenvalue weighted by Crippen LogP contribution is -2.27. The molecule has 0 aromatic carbocycles. The first-order valence-corrected chi connectivity index (χ1v) is 4.79. The van der Waals surface area contributed by atoms with Crippen LogP contribution in [0.15, 0.2) is 0 Å². The molecule has 86 valence electrons. The first-order chi connectivity index (χ1) is 6.60. The monoisotopic (exact) mass is 208 g/mol. The molecule has 0 aliphatic carbocycles. The highest BCUT2D eigenvalue weighted by molar-refractivity contribution is 4.66. The number of hydrogen-bond acceptors (Lipinski definition) is 5. The Morgan fingerprint density at radius 2 is 1.79 bits per heavy atom. The van der Waals surface area contributed by atoms with Crippen LogP contribution >= 0.6 is 0 Å². The molecule has 0 heterocycles. The summed E-state index contributed by atoms with van der Waals surface area (Å²) in [5, 5.41) is 35.7. The molecule has 4 N–H and O–H groups in total. The van der Waals surface area contributed by atoms with Crippen LogP contribution in [0.3, 0.4) is 0 Å². The van der Waals surface area contributed by atoms with Crippen LogP contribution in [-0.4, -0.2) is 58.6 Å². The molecule has 0 saturated heterocycles. The van der Waals surface area contributed by atoms with E-state index >= 15 is 0 Å². The molecule has 0 spiro atoms. The Morgan fingerprint density at radius 1 is 1.14 bits per heavy atom. The molecule has 0 fully saturated rings. The Kier molecular flexibility index (Phi) is 8.02. The molecule has 0 aromatic heterocycles. The molecule has 0 rings (SSSR count). The molecule has 0 radical (unpaired) electrons. The van der Waals surface area contributed by atoms with Gasteiger partial charge in [-0.2, -0.15) is 0 Å². The highest BCUT2D eigenvalue weighted by atomic mass is 16.5. The Balaban J connectivity index is 3.68. The van der Waals surface area contributed by atoms with Gasteiger partial charge >= 0.3 is 0 Å². The Labute approximate surface area is 83.9 Å². The van der Waals surface area contributed by atoms with Crippen LogP contribution in [0.4, 0.5) is 0 Å². The van der Waals surface area contributed by atoms with Crippen LogP contribution in [-0.2, 0) is 4.74 Å². The minimum absolute atomic E-state index is 0.108. The highest BCUT2D eigenvalue weighted by Gasteiger charge is 2.15. The molecular weight excluding hydrogens is 188 g/mol. The summed E-state index contributed by atoms with van der Waals surface area (Å²) in [5.74, 6) is 0. The molecule has 0 aliphatic heterocycles. The normalized spacial score (nSPS) is 17.8. The lowest BCUT2D eigenvalue weighted by molar-refractivity contribution is -0.0354. The predicted octanol–water partition coefficient (Wildman–Crippen LogP) is -1.12. The van der Waals surface area contributed by atoms with Gasteiger partial charge in [0, 0.05) is 6.42 Å². The number of aliphatic hydroxyl groups is 4. The molecule has 5 heteroatoms. The summed E-state index contributed by atoms with van der Waals surface area (Å²) in [6.45, 7) is 1.43. The first kappa shape index (κ1) is 13.8. The third-order valence-corrected chi connectivity index (χ3v) is 1.80. The van der Waals surface area contributed by atoms with Gasteiger partial charge in [0.15, 0.2) is 0 Å². The van der Waals surface area contributed by atoms with Crippen molar-refractivity contribution in [2.45, 2.75) is 38.1 Å². The third-order valence-electron chi connectivity index (χ3n) is 1.80. The van der Waals surface area contributed by atoms with Crippen molar-refractivity contribution in [2.24, 2.45) is 0 Å². The summed E-state index contributed by atoms with van der Waals surface area (Å²) in [4.78, 5) is 0. The van der Waals surface area contributed by atoms with Gasteiger partial charge in [-0.1, -0.05) is 0 Å². The van der Waals surface area contributed by atoms with Gasteiger partial charge in [0.1, 0.15) is 0 Å². The topological polar surface area (TPSA) is 90.2 Å². The fourth-order valence-corrected chi connectivity index (χ4v) is 1.21. The van der Waals surface area contributed by atoms with Crippen molar-refractivity contribution in [3.05, 3.63) is 0 Å². The molecule has 0 saturated carbocycles. The highest BCUT2D eigenvalue weighted by Crippen LogP contribution is 2.08. The summed E-state index contributed by atoms with van der Waals surface area (Å²) in [6.07, 6.45) is -1.20. The van der Waals surface area contributed by atoms with E-state index in [0.29, 0.717) is 0 Å². The van der Waals surface area contributed by atoms with E-state index < -0.39 is 18.3 Å². The van der Waals surface area contributed by atoms with Crippen LogP contribution in [0.1, 0.15) is 19.8 Å². The summed E-state index contributed by atoms with van der Waals surface area (Å²) in [6, 6.07) is 0. The van der Waals surface area contributed by atoms with Crippen LogP contribution < -0.4 is 0 Å². The van der Waals surface area contributed by atoms with Gasteiger partial charge in [-0.15, -0.1) is 0 Å². The minimum atomic E-state index is -0.689. The second-order valence-corrected chi connectivity index (χ2v) is 3.37. The molecule has 0 amide bonds. The number of hydrogen-bond donors (Lipinski definition) is 4. The minimum Gasteiger partial charge on any atom is -0.394 e. The van der Waals surface area contributed by atoms with Crippen LogP contribution in [0.5, 0.6) is 0 Å². The molecule has 5 nitrogen and oxygen atoms in total. The summed E-state index contributed by atoms with van der Waals surface area (Å²) in [7, 11) is 0. The maximum Gasteiger partial charge on any atom is 0.0831 e. The van der Waals surface area contributed by atoms with E-state index in [0.717, 1.165) is 0 Å². The average Bonchev–Trinajstić information content (AvgIpc) is 2.10. The molecule has 0 aliphatic rings. The SMILES string of the molecule is CC(O)CC(O)CC(CO)OCCO. The van der Waals surface area contributed by atoms with Crippen LogP contribution in [0.2, 0.25) is 0 Å². The molecule has 14 heavy (non-hydrogen) atoms. The molecule has 0 bridgehead atoms. The zero-order valence-corrected chi connectivity index (χ0v) is 8.46. The summed E-state index contributed by atoms with van der Waals surface area (Å²) in [5.41, 5.74) is 0. The van der Waals surface area contributed by atoms with Crippen molar-refractivity contribution in [1.29, 1.82) is 0 Å². The van der Waals surface area contributed by atoms with E-state index in [2.05, 4.69) is 0 Å². The quantitative estimate of drug-likeness (QED) is 0.405. The van der Waals surface area contributed by atoms with Crippen molar-refractivity contribution in [2.75, 3.05) is 19.8 Å². The summed E-state index contributed by atoms with van der Waals surface area (Å²) >= 11 is 0. The van der Waals surface area contributed by atoms with Crippen molar-refractivity contribution in [3.63, 3.8) is 0 Å². The standard InChI is InChI=1S/C9H20O5/c1-7(12)4-8(13)5-9(6-11)14-3-2-10/h7-13H,2-6H2,1H3. The van der Waals surface area contributed by atoms with E-state index in [-0.39, 0.29) is 32.7 Å². The molecule has 0 aromatic rings. The Morgan fingerprint density at radius 3 is 2.21 bits per heavy atom. The van der Waals surface area contributed by atoms with Crippen LogP contribution in [0.25, 0.3) is 0 Å². The maximum atomic E-state index is 9.41. The zero-order valence-electron chi connectivity index (χ0n) is 8.46. The Hall–Kier alpha value is -0.200.